The highest BCUT2D eigenvalue weighted by atomic mass is 16.5. The van der Waals surface area contributed by atoms with Crippen LogP contribution in [0.2, 0.25) is 0 Å². The van der Waals surface area contributed by atoms with E-state index in [9.17, 15) is 5.11 Å². The molecule has 0 spiro atoms. The summed E-state index contributed by atoms with van der Waals surface area (Å²) in [5, 5.41) is 10.4. The first kappa shape index (κ1) is 18.0. The molecule has 0 aliphatic carbocycles. The number of phenols is 1. The van der Waals surface area contributed by atoms with Crippen LogP contribution in [0.5, 0.6) is 11.5 Å². The van der Waals surface area contributed by atoms with Crippen molar-refractivity contribution in [3.05, 3.63) is 59.7 Å². The van der Waals surface area contributed by atoms with Crippen molar-refractivity contribution in [3.63, 3.8) is 0 Å². The second-order valence-corrected chi connectivity index (χ2v) is 5.68. The van der Waals surface area contributed by atoms with Crippen LogP contribution in [-0.4, -0.2) is 31.0 Å². The van der Waals surface area contributed by atoms with Gasteiger partial charge in [0, 0.05) is 23.7 Å². The summed E-state index contributed by atoms with van der Waals surface area (Å²) in [6.45, 7) is 1.48. The maximum absolute atomic E-state index is 10.4. The first-order valence-electron chi connectivity index (χ1n) is 8.43. The number of nitrogens with two attached hydrogens (primary N) is 1. The number of ether oxygens (including phenoxy) is 1. The number of nitrogens with zero attached hydrogens (tertiary/aromatic N) is 1. The lowest BCUT2D eigenvalue weighted by atomic mass is 10.0. The second-order valence-electron chi connectivity index (χ2n) is 5.68. The Bertz CT molecular complexity index is 654. The molecule has 0 aliphatic heterocycles. The molecule has 0 atom stereocenters. The predicted octanol–water partition coefficient (Wildman–Crippen LogP) is 3.76. The Morgan fingerprint density at radius 1 is 1.04 bits per heavy atom. The lowest BCUT2D eigenvalue weighted by Crippen LogP contribution is -2.05. The van der Waals surface area contributed by atoms with E-state index in [0.717, 1.165) is 55.6 Å². The van der Waals surface area contributed by atoms with E-state index in [1.54, 1.807) is 13.2 Å². The van der Waals surface area contributed by atoms with E-state index >= 15 is 0 Å². The summed E-state index contributed by atoms with van der Waals surface area (Å²) >= 11 is 0. The molecule has 0 radical (unpaired) electrons. The molecule has 0 heterocycles. The Labute approximate surface area is 144 Å². The highest BCUT2D eigenvalue weighted by Gasteiger charge is 2.12. The molecular formula is C20H26N2O2. The summed E-state index contributed by atoms with van der Waals surface area (Å²) in [6, 6.07) is 15.3. The Morgan fingerprint density at radius 3 is 2.46 bits per heavy atom. The van der Waals surface area contributed by atoms with Gasteiger partial charge in [-0.3, -0.25) is 4.99 Å². The quantitative estimate of drug-likeness (QED) is 0.544. The number of methoxy groups -OCH3 is 1. The number of hydrogen-bond donors (Lipinski definition) is 2. The number of rotatable bonds is 9. The summed E-state index contributed by atoms with van der Waals surface area (Å²) in [5.41, 5.74) is 8.06. The van der Waals surface area contributed by atoms with Gasteiger partial charge in [0.25, 0.3) is 0 Å². The van der Waals surface area contributed by atoms with Gasteiger partial charge in [0.15, 0.2) is 0 Å². The minimum absolute atomic E-state index is 0.181. The maximum atomic E-state index is 10.4. The molecule has 0 unspecified atom stereocenters. The molecule has 4 nitrogen and oxygen atoms in total. The third-order valence-electron chi connectivity index (χ3n) is 3.89. The summed E-state index contributed by atoms with van der Waals surface area (Å²) in [5.74, 6) is 0.811. The van der Waals surface area contributed by atoms with Crippen molar-refractivity contribution in [2.75, 3.05) is 20.2 Å². The summed E-state index contributed by atoms with van der Waals surface area (Å²) in [6.07, 6.45) is 4.35. The van der Waals surface area contributed by atoms with E-state index in [0.29, 0.717) is 5.75 Å². The SMILES string of the molecule is COc1ccc(C(=NCCCCCCN)c2ccccc2)c(O)c1. The molecule has 0 bridgehead atoms. The predicted molar refractivity (Wildman–Crippen MR) is 99.1 cm³/mol. The van der Waals surface area contributed by atoms with E-state index in [1.165, 1.54) is 0 Å². The molecule has 128 valence electrons. The van der Waals surface area contributed by atoms with Gasteiger partial charge in [-0.15, -0.1) is 0 Å². The van der Waals surface area contributed by atoms with Gasteiger partial charge in [-0.25, -0.2) is 0 Å². The van der Waals surface area contributed by atoms with E-state index in [4.69, 9.17) is 15.5 Å². The molecule has 2 aromatic carbocycles. The van der Waals surface area contributed by atoms with Crippen LogP contribution in [0.25, 0.3) is 0 Å². The van der Waals surface area contributed by atoms with Crippen molar-refractivity contribution in [1.29, 1.82) is 0 Å². The molecule has 0 saturated carbocycles. The van der Waals surface area contributed by atoms with Gasteiger partial charge in [0.2, 0.25) is 0 Å². The minimum Gasteiger partial charge on any atom is -0.507 e. The number of unbranched alkanes of at least 4 members (excludes halogenated alkanes) is 3. The fourth-order valence-corrected chi connectivity index (χ4v) is 2.57. The monoisotopic (exact) mass is 326 g/mol. The third-order valence-corrected chi connectivity index (χ3v) is 3.89. The van der Waals surface area contributed by atoms with Crippen LogP contribution in [0.3, 0.4) is 0 Å². The Hall–Kier alpha value is -2.33. The first-order valence-corrected chi connectivity index (χ1v) is 8.43. The Balaban J connectivity index is 2.20. The van der Waals surface area contributed by atoms with Crippen molar-refractivity contribution in [2.45, 2.75) is 25.7 Å². The van der Waals surface area contributed by atoms with Gasteiger partial charge in [0.05, 0.1) is 12.8 Å². The van der Waals surface area contributed by atoms with Crippen molar-refractivity contribution in [1.82, 2.24) is 0 Å². The Kier molecular flexibility index (Phi) is 7.30. The van der Waals surface area contributed by atoms with Gasteiger partial charge >= 0.3 is 0 Å². The lowest BCUT2D eigenvalue weighted by molar-refractivity contribution is 0.407. The zero-order chi connectivity index (χ0) is 17.2. The second kappa shape index (κ2) is 9.73. The fraction of sp³-hybridized carbons (Fsp3) is 0.350. The molecule has 0 aliphatic rings. The lowest BCUT2D eigenvalue weighted by Gasteiger charge is -2.11. The van der Waals surface area contributed by atoms with Gasteiger partial charge in [0.1, 0.15) is 11.5 Å². The number of aromatic hydroxyl groups is 1. The molecule has 3 N–H and O–H groups in total. The van der Waals surface area contributed by atoms with Crippen molar-refractivity contribution >= 4 is 5.71 Å². The van der Waals surface area contributed by atoms with E-state index in [-0.39, 0.29) is 5.75 Å². The highest BCUT2D eigenvalue weighted by Crippen LogP contribution is 2.26. The van der Waals surface area contributed by atoms with E-state index in [1.807, 2.05) is 42.5 Å². The van der Waals surface area contributed by atoms with Gasteiger partial charge in [-0.1, -0.05) is 43.2 Å². The third kappa shape index (κ3) is 5.10. The first-order chi connectivity index (χ1) is 11.8. The zero-order valence-electron chi connectivity index (χ0n) is 14.2. The molecule has 0 amide bonds. The molecular weight excluding hydrogens is 300 g/mol. The molecule has 0 fully saturated rings. The number of hydrogen-bond acceptors (Lipinski definition) is 4. The van der Waals surface area contributed by atoms with Gasteiger partial charge < -0.3 is 15.6 Å². The highest BCUT2D eigenvalue weighted by molar-refractivity contribution is 6.14. The van der Waals surface area contributed by atoms with Crippen LogP contribution in [0.4, 0.5) is 0 Å². The van der Waals surface area contributed by atoms with Crippen molar-refractivity contribution in [2.24, 2.45) is 10.7 Å². The molecule has 24 heavy (non-hydrogen) atoms. The summed E-state index contributed by atoms with van der Waals surface area (Å²) in [7, 11) is 1.59. The van der Waals surface area contributed by atoms with Gasteiger partial charge in [-0.2, -0.15) is 0 Å². The average Bonchev–Trinajstić information content (AvgIpc) is 2.62. The van der Waals surface area contributed by atoms with Crippen LogP contribution >= 0.6 is 0 Å². The topological polar surface area (TPSA) is 67.8 Å². The van der Waals surface area contributed by atoms with Crippen LogP contribution in [0, 0.1) is 0 Å². The number of benzene rings is 2. The number of aliphatic imine (C=N–C) groups is 1. The van der Waals surface area contributed by atoms with Crippen LogP contribution < -0.4 is 10.5 Å². The summed E-state index contributed by atoms with van der Waals surface area (Å²) < 4.78 is 5.16. The largest absolute Gasteiger partial charge is 0.507 e. The van der Waals surface area contributed by atoms with Crippen LogP contribution in [0.15, 0.2) is 53.5 Å². The smallest absolute Gasteiger partial charge is 0.128 e. The van der Waals surface area contributed by atoms with Crippen LogP contribution in [0.1, 0.15) is 36.8 Å². The molecule has 0 saturated heterocycles. The Morgan fingerprint density at radius 2 is 1.79 bits per heavy atom. The van der Waals surface area contributed by atoms with Crippen LogP contribution in [-0.2, 0) is 0 Å². The molecule has 4 heteroatoms. The molecule has 2 aromatic rings. The minimum atomic E-state index is 0.181. The summed E-state index contributed by atoms with van der Waals surface area (Å²) in [4.78, 5) is 4.76. The standard InChI is InChI=1S/C20H26N2O2/c1-24-17-11-12-18(19(23)15-17)20(16-9-5-4-6-10-16)22-14-8-3-2-7-13-21/h4-6,9-12,15,23H,2-3,7-8,13-14,21H2,1H3. The fourth-order valence-electron chi connectivity index (χ4n) is 2.57. The molecule has 2 rings (SSSR count). The zero-order valence-corrected chi connectivity index (χ0v) is 14.2. The van der Waals surface area contributed by atoms with Crippen molar-refractivity contribution < 1.29 is 9.84 Å². The van der Waals surface area contributed by atoms with Crippen molar-refractivity contribution in [3.8, 4) is 11.5 Å². The normalized spacial score (nSPS) is 11.5. The van der Waals surface area contributed by atoms with E-state index < -0.39 is 0 Å². The van der Waals surface area contributed by atoms with Gasteiger partial charge in [-0.05, 0) is 31.5 Å². The molecule has 0 aromatic heterocycles. The number of phenolic OH excluding ortho intramolecular Hbond substituents is 1. The van der Waals surface area contributed by atoms with E-state index in [2.05, 4.69) is 0 Å². The average molecular weight is 326 g/mol. The maximum Gasteiger partial charge on any atom is 0.128 e.